The van der Waals surface area contributed by atoms with Crippen LogP contribution in [0.15, 0.2) is 30.6 Å². The Labute approximate surface area is 118 Å². The first-order valence-corrected chi connectivity index (χ1v) is 7.00. The number of imidazole rings is 1. The molecule has 0 radical (unpaired) electrons. The molecule has 5 nitrogen and oxygen atoms in total. The average Bonchev–Trinajstić information content (AvgIpc) is 3.02. The third-order valence-corrected chi connectivity index (χ3v) is 4.15. The zero-order valence-corrected chi connectivity index (χ0v) is 11.7. The van der Waals surface area contributed by atoms with Crippen molar-refractivity contribution in [3.63, 3.8) is 0 Å². The van der Waals surface area contributed by atoms with Crippen molar-refractivity contribution >= 4 is 11.6 Å². The molecule has 20 heavy (non-hydrogen) atoms. The maximum absolute atomic E-state index is 12.3. The van der Waals surface area contributed by atoms with Crippen molar-refractivity contribution < 1.29 is 4.79 Å². The second-order valence-electron chi connectivity index (χ2n) is 5.96. The first-order valence-electron chi connectivity index (χ1n) is 7.00. The largest absolute Gasteiger partial charge is 0.342 e. The van der Waals surface area contributed by atoms with Crippen LogP contribution in [0.4, 0.5) is 0 Å². The molecule has 0 aliphatic carbocycles. The van der Waals surface area contributed by atoms with E-state index in [2.05, 4.69) is 11.9 Å². The molecular formula is C15H20N4O. The molecular weight excluding hydrogens is 252 g/mol. The summed E-state index contributed by atoms with van der Waals surface area (Å²) in [5.74, 6) is 0.144. The molecule has 1 aliphatic rings. The van der Waals surface area contributed by atoms with E-state index in [4.69, 9.17) is 5.73 Å². The van der Waals surface area contributed by atoms with Gasteiger partial charge in [0.1, 0.15) is 5.65 Å². The number of amides is 1. The van der Waals surface area contributed by atoms with Crippen LogP contribution in [-0.2, 0) is 11.2 Å². The number of likely N-dealkylation sites (tertiary alicyclic amines) is 1. The second-order valence-corrected chi connectivity index (χ2v) is 5.96. The summed E-state index contributed by atoms with van der Waals surface area (Å²) in [5, 5.41) is 0. The van der Waals surface area contributed by atoms with Crippen molar-refractivity contribution in [1.29, 1.82) is 0 Å². The van der Waals surface area contributed by atoms with Gasteiger partial charge < -0.3 is 15.0 Å². The Morgan fingerprint density at radius 1 is 1.50 bits per heavy atom. The van der Waals surface area contributed by atoms with Gasteiger partial charge in [0.15, 0.2) is 0 Å². The molecule has 1 amide bonds. The van der Waals surface area contributed by atoms with E-state index < -0.39 is 0 Å². The van der Waals surface area contributed by atoms with Gasteiger partial charge in [-0.15, -0.1) is 0 Å². The van der Waals surface area contributed by atoms with E-state index in [0.29, 0.717) is 13.0 Å². The molecule has 5 heteroatoms. The SMILES string of the molecule is CC1(CN)CCN(C(=O)Cc2cn3ccccc3n2)C1. The normalized spacial score (nSPS) is 22.6. The molecule has 0 spiro atoms. The molecule has 1 saturated heterocycles. The fraction of sp³-hybridized carbons (Fsp3) is 0.467. The van der Waals surface area contributed by atoms with Crippen molar-refractivity contribution in [2.45, 2.75) is 19.8 Å². The predicted octanol–water partition coefficient (Wildman–Crippen LogP) is 1.07. The minimum absolute atomic E-state index is 0.0779. The summed E-state index contributed by atoms with van der Waals surface area (Å²) in [6.07, 6.45) is 5.21. The molecule has 1 aliphatic heterocycles. The maximum atomic E-state index is 12.3. The Kier molecular flexibility index (Phi) is 3.22. The number of hydrogen-bond donors (Lipinski definition) is 1. The standard InChI is InChI=1S/C15H20N4O/c1-15(10-16)5-7-19(11-15)14(20)8-12-9-18-6-3-2-4-13(18)17-12/h2-4,6,9H,5,7-8,10-11,16H2,1H3. The van der Waals surface area contributed by atoms with Crippen LogP contribution >= 0.6 is 0 Å². The van der Waals surface area contributed by atoms with Crippen molar-refractivity contribution in [3.8, 4) is 0 Å². The second kappa shape index (κ2) is 4.90. The van der Waals surface area contributed by atoms with E-state index in [1.54, 1.807) is 0 Å². The lowest BCUT2D eigenvalue weighted by atomic mass is 9.90. The summed E-state index contributed by atoms with van der Waals surface area (Å²) < 4.78 is 1.94. The van der Waals surface area contributed by atoms with Gasteiger partial charge in [-0.3, -0.25) is 4.79 Å². The number of carbonyl (C=O) groups is 1. The summed E-state index contributed by atoms with van der Waals surface area (Å²) in [7, 11) is 0. The molecule has 1 fully saturated rings. The minimum Gasteiger partial charge on any atom is -0.342 e. The summed E-state index contributed by atoms with van der Waals surface area (Å²) in [4.78, 5) is 18.7. The first kappa shape index (κ1) is 13.1. The Balaban J connectivity index is 1.70. The molecule has 1 unspecified atom stereocenters. The van der Waals surface area contributed by atoms with E-state index >= 15 is 0 Å². The highest BCUT2D eigenvalue weighted by atomic mass is 16.2. The van der Waals surface area contributed by atoms with Gasteiger partial charge in [-0.2, -0.15) is 0 Å². The van der Waals surface area contributed by atoms with Gasteiger partial charge in [-0.1, -0.05) is 13.0 Å². The monoisotopic (exact) mass is 272 g/mol. The summed E-state index contributed by atoms with van der Waals surface area (Å²) in [6, 6.07) is 5.84. The number of carbonyl (C=O) groups excluding carboxylic acids is 1. The number of nitrogens with two attached hydrogens (primary N) is 1. The van der Waals surface area contributed by atoms with Gasteiger partial charge in [0, 0.05) is 25.5 Å². The molecule has 0 saturated carbocycles. The third-order valence-electron chi connectivity index (χ3n) is 4.15. The number of hydrogen-bond acceptors (Lipinski definition) is 3. The van der Waals surface area contributed by atoms with Gasteiger partial charge >= 0.3 is 0 Å². The highest BCUT2D eigenvalue weighted by Gasteiger charge is 2.34. The highest BCUT2D eigenvalue weighted by Crippen LogP contribution is 2.28. The Bertz CT molecular complexity index is 603. The minimum atomic E-state index is 0.0779. The van der Waals surface area contributed by atoms with E-state index in [9.17, 15) is 4.79 Å². The fourth-order valence-corrected chi connectivity index (χ4v) is 2.74. The van der Waals surface area contributed by atoms with Crippen molar-refractivity contribution in [1.82, 2.24) is 14.3 Å². The highest BCUT2D eigenvalue weighted by molar-refractivity contribution is 5.78. The van der Waals surface area contributed by atoms with Crippen LogP contribution in [0.3, 0.4) is 0 Å². The van der Waals surface area contributed by atoms with Crippen molar-refractivity contribution in [2.24, 2.45) is 11.1 Å². The Morgan fingerprint density at radius 2 is 2.35 bits per heavy atom. The molecule has 2 aromatic heterocycles. The molecule has 3 heterocycles. The zero-order valence-electron chi connectivity index (χ0n) is 11.7. The van der Waals surface area contributed by atoms with Gasteiger partial charge in [-0.25, -0.2) is 4.98 Å². The van der Waals surface area contributed by atoms with Gasteiger partial charge in [-0.05, 0) is 30.5 Å². The number of nitrogens with zero attached hydrogens (tertiary/aromatic N) is 3. The number of fused-ring (bicyclic) bond motifs is 1. The summed E-state index contributed by atoms with van der Waals surface area (Å²) in [6.45, 7) is 4.34. The van der Waals surface area contributed by atoms with E-state index in [0.717, 1.165) is 30.9 Å². The van der Waals surface area contributed by atoms with Crippen LogP contribution in [-0.4, -0.2) is 39.8 Å². The number of rotatable bonds is 3. The Morgan fingerprint density at radius 3 is 3.05 bits per heavy atom. The van der Waals surface area contributed by atoms with Crippen LogP contribution in [0.5, 0.6) is 0 Å². The molecule has 3 rings (SSSR count). The average molecular weight is 272 g/mol. The molecule has 106 valence electrons. The smallest absolute Gasteiger partial charge is 0.228 e. The molecule has 2 aromatic rings. The topological polar surface area (TPSA) is 63.6 Å². The van der Waals surface area contributed by atoms with Gasteiger partial charge in [0.25, 0.3) is 0 Å². The molecule has 0 aromatic carbocycles. The Hall–Kier alpha value is -1.88. The third kappa shape index (κ3) is 2.41. The number of aromatic nitrogens is 2. The molecule has 2 N–H and O–H groups in total. The lowest BCUT2D eigenvalue weighted by Gasteiger charge is -2.22. The van der Waals surface area contributed by atoms with Gasteiger partial charge in [0.05, 0.1) is 12.1 Å². The quantitative estimate of drug-likeness (QED) is 0.909. The first-order chi connectivity index (χ1) is 9.59. The van der Waals surface area contributed by atoms with Crippen LogP contribution < -0.4 is 5.73 Å². The van der Waals surface area contributed by atoms with Crippen LogP contribution in [0, 0.1) is 5.41 Å². The van der Waals surface area contributed by atoms with Crippen LogP contribution in [0.1, 0.15) is 19.0 Å². The van der Waals surface area contributed by atoms with Gasteiger partial charge in [0.2, 0.25) is 5.91 Å². The zero-order chi connectivity index (χ0) is 14.2. The van der Waals surface area contributed by atoms with Crippen LogP contribution in [0.25, 0.3) is 5.65 Å². The molecule has 1 atom stereocenters. The summed E-state index contributed by atoms with van der Waals surface area (Å²) >= 11 is 0. The van der Waals surface area contributed by atoms with Crippen molar-refractivity contribution in [2.75, 3.05) is 19.6 Å². The predicted molar refractivity (Wildman–Crippen MR) is 77.3 cm³/mol. The van der Waals surface area contributed by atoms with Crippen LogP contribution in [0.2, 0.25) is 0 Å². The summed E-state index contributed by atoms with van der Waals surface area (Å²) in [5.41, 5.74) is 7.56. The number of pyridine rings is 1. The lowest BCUT2D eigenvalue weighted by Crippen LogP contribution is -2.35. The van der Waals surface area contributed by atoms with E-state index in [1.165, 1.54) is 0 Å². The fourth-order valence-electron chi connectivity index (χ4n) is 2.74. The maximum Gasteiger partial charge on any atom is 0.228 e. The van der Waals surface area contributed by atoms with E-state index in [1.807, 2.05) is 39.9 Å². The van der Waals surface area contributed by atoms with Crippen molar-refractivity contribution in [3.05, 3.63) is 36.3 Å². The van der Waals surface area contributed by atoms with E-state index in [-0.39, 0.29) is 11.3 Å². The lowest BCUT2D eigenvalue weighted by molar-refractivity contribution is -0.129. The molecule has 0 bridgehead atoms.